The van der Waals surface area contributed by atoms with Crippen molar-refractivity contribution in [3.63, 3.8) is 0 Å². The Balaban J connectivity index is 0.881. The van der Waals surface area contributed by atoms with Crippen molar-refractivity contribution in [2.45, 2.75) is 104 Å². The maximum Gasteiger partial charge on any atom is 0.410 e. The van der Waals surface area contributed by atoms with Crippen molar-refractivity contribution >= 4 is 74.8 Å². The standard InChI is InChI=1S/C76H86ClFN12O13S/c1-11-38-100-75(97)88(8)42-51-40-53(85-68(91)57(19-16-31-81-73(79)95)86-69(92)65(46(2)3)87-74(96)103-76(5,6)7)27-24-50(51)43-90(9)36-33-89(34-37-90)35-39-99-60-29-28-55(47(4)64(60)77)62-63-70(82-45-83-71(63)104-66(62)48-22-25-52(78)26-23-48)102-61(72(93)94)41-49-17-12-14-20-58(49)101-44-54-30-32-80-67(84-54)56-18-13-15-21-59(56)98-10/h1,12-15,17-18,20-30,32,40,45-46,57,61,65H,16,19,31,33-39,41-44H2,2-10H3,(H6-,79,81,85,86,87,91,92,93,94,95,96)/p+1/t57?,61-,65?/m1/s1. The quantitative estimate of drug-likeness (QED) is 0.0134. The number of para-hydroxylation sites is 2. The third-order valence-corrected chi connectivity index (χ3v) is 19.0. The van der Waals surface area contributed by atoms with Crippen LogP contribution < -0.4 is 45.9 Å². The number of terminal acetylenes is 1. The number of carboxylic acid groups (broad SMARTS) is 1. The fraction of sp³-hybridized carbons (Fsp3) is 0.368. The summed E-state index contributed by atoms with van der Waals surface area (Å²) in [5, 5.41) is 22.5. The first-order chi connectivity index (χ1) is 49.7. The highest BCUT2D eigenvalue weighted by molar-refractivity contribution is 7.22. The second-order valence-electron chi connectivity index (χ2n) is 26.7. The number of methoxy groups -OCH3 is 1. The van der Waals surface area contributed by atoms with Crippen LogP contribution >= 0.6 is 22.9 Å². The van der Waals surface area contributed by atoms with E-state index < -0.39 is 71.5 Å². The van der Waals surface area contributed by atoms with Gasteiger partial charge in [-0.3, -0.25) is 14.5 Å². The summed E-state index contributed by atoms with van der Waals surface area (Å²) >= 11 is 8.60. The van der Waals surface area contributed by atoms with Gasteiger partial charge in [-0.15, -0.1) is 17.8 Å². The first kappa shape index (κ1) is 77.5. The fourth-order valence-corrected chi connectivity index (χ4v) is 13.2. The maximum absolute atomic E-state index is 14.5. The number of carbonyl (C=O) groups is 6. The average molecular weight is 1460 g/mol. The Bertz CT molecular complexity index is 4430. The lowest BCUT2D eigenvalue weighted by atomic mass is 9.96. The van der Waals surface area contributed by atoms with E-state index in [1.54, 1.807) is 116 Å². The number of quaternary nitrogens is 1. The van der Waals surface area contributed by atoms with Crippen LogP contribution in [0, 0.1) is 31.0 Å². The number of alkyl carbamates (subject to hydrolysis) is 1. The number of nitrogens with two attached hydrogens (primary N) is 1. The van der Waals surface area contributed by atoms with Crippen LogP contribution in [-0.2, 0) is 50.0 Å². The third-order valence-electron chi connectivity index (χ3n) is 17.3. The van der Waals surface area contributed by atoms with Gasteiger partial charge in [0, 0.05) is 74.1 Å². The van der Waals surface area contributed by atoms with Crippen molar-refractivity contribution in [3.05, 3.63) is 161 Å². The molecule has 9 rings (SSSR count). The molecule has 1 aliphatic heterocycles. The Hall–Kier alpha value is -10.7. The molecule has 28 heteroatoms. The smallest absolute Gasteiger partial charge is 0.410 e. The van der Waals surface area contributed by atoms with Crippen molar-refractivity contribution in [1.29, 1.82) is 0 Å². The lowest BCUT2D eigenvalue weighted by Gasteiger charge is -2.42. The highest BCUT2D eigenvalue weighted by Gasteiger charge is 2.34. The zero-order valence-corrected chi connectivity index (χ0v) is 61.1. The number of rotatable bonds is 31. The summed E-state index contributed by atoms with van der Waals surface area (Å²) in [6.45, 7) is 14.8. The summed E-state index contributed by atoms with van der Waals surface area (Å²) in [6, 6.07) is 28.5. The Morgan fingerprint density at radius 3 is 2.31 bits per heavy atom. The lowest BCUT2D eigenvalue weighted by molar-refractivity contribution is -0.926. The number of carboxylic acids is 1. The first-order valence-corrected chi connectivity index (χ1v) is 35.0. The molecule has 6 amide bonds. The molecule has 1 fully saturated rings. The van der Waals surface area contributed by atoms with Gasteiger partial charge in [0.05, 0.1) is 48.9 Å². The summed E-state index contributed by atoms with van der Waals surface area (Å²) in [6.07, 6.45) is 5.69. The normalized spacial score (nSPS) is 13.7. The van der Waals surface area contributed by atoms with Crippen molar-refractivity contribution in [1.82, 2.24) is 45.7 Å². The van der Waals surface area contributed by atoms with E-state index in [0.717, 1.165) is 18.7 Å². The van der Waals surface area contributed by atoms with Gasteiger partial charge in [0.2, 0.25) is 23.8 Å². The van der Waals surface area contributed by atoms with Gasteiger partial charge in [0.1, 0.15) is 71.7 Å². The van der Waals surface area contributed by atoms with Gasteiger partial charge < -0.3 is 69.9 Å². The van der Waals surface area contributed by atoms with Gasteiger partial charge in [-0.1, -0.05) is 86.0 Å². The number of hydrogen-bond acceptors (Lipinski definition) is 18. The molecule has 1 aliphatic rings. The van der Waals surface area contributed by atoms with Gasteiger partial charge in [-0.2, -0.15) is 0 Å². The second kappa shape index (κ2) is 35.5. The summed E-state index contributed by atoms with van der Waals surface area (Å²) < 4.78 is 50.6. The van der Waals surface area contributed by atoms with E-state index in [1.165, 1.54) is 34.7 Å². The van der Waals surface area contributed by atoms with Crippen LogP contribution in [0.1, 0.15) is 75.4 Å². The molecule has 104 heavy (non-hydrogen) atoms. The zero-order chi connectivity index (χ0) is 74.8. The average Bonchev–Trinajstić information content (AvgIpc) is 1.60. The molecule has 0 radical (unpaired) electrons. The van der Waals surface area contributed by atoms with Gasteiger partial charge >= 0.3 is 24.2 Å². The monoisotopic (exact) mass is 1460 g/mol. The van der Waals surface area contributed by atoms with Crippen LogP contribution in [0.15, 0.2) is 122 Å². The third kappa shape index (κ3) is 20.8. The van der Waals surface area contributed by atoms with Crippen LogP contribution in [0.25, 0.3) is 43.2 Å². The van der Waals surface area contributed by atoms with E-state index in [4.69, 9.17) is 57.2 Å². The number of hydrogen-bond donors (Lipinski definition) is 6. The highest BCUT2D eigenvalue weighted by atomic mass is 35.5. The first-order valence-electron chi connectivity index (χ1n) is 33.8. The number of benzene rings is 5. The molecule has 548 valence electrons. The minimum absolute atomic E-state index is 0.0109. The predicted octanol–water partition coefficient (Wildman–Crippen LogP) is 11.2. The Labute approximate surface area is 612 Å². The number of piperazine rings is 1. The minimum Gasteiger partial charge on any atom is -0.496 e. The van der Waals surface area contributed by atoms with Crippen molar-refractivity contribution in [2.24, 2.45) is 11.7 Å². The summed E-state index contributed by atoms with van der Waals surface area (Å²) in [5.41, 5.74) is 10.9. The molecule has 3 atom stereocenters. The summed E-state index contributed by atoms with van der Waals surface area (Å²) in [7, 11) is 5.32. The molecule has 7 N–H and O–H groups in total. The minimum atomic E-state index is -1.46. The van der Waals surface area contributed by atoms with Gasteiger partial charge in [-0.25, -0.2) is 43.5 Å². The number of likely N-dealkylation sites (N-methyl/N-ethyl adjacent to an activating group) is 1. The van der Waals surface area contributed by atoms with Crippen LogP contribution in [0.2, 0.25) is 5.02 Å². The molecule has 4 heterocycles. The number of primary amides is 1. The van der Waals surface area contributed by atoms with E-state index in [9.17, 15) is 38.3 Å². The number of thiophene rings is 1. The van der Waals surface area contributed by atoms with Gasteiger partial charge in [-0.05, 0) is 129 Å². The second-order valence-corrected chi connectivity index (χ2v) is 28.1. The Morgan fingerprint density at radius 1 is 0.875 bits per heavy atom. The number of halogens is 2. The molecule has 3 aromatic heterocycles. The van der Waals surface area contributed by atoms with E-state index in [0.29, 0.717) is 131 Å². The summed E-state index contributed by atoms with van der Waals surface area (Å²) in [4.78, 5) is 102. The number of amides is 6. The molecule has 0 spiro atoms. The van der Waals surface area contributed by atoms with Crippen molar-refractivity contribution in [2.75, 3.05) is 79.0 Å². The molecule has 2 unspecified atom stereocenters. The zero-order valence-electron chi connectivity index (χ0n) is 59.6. The van der Waals surface area contributed by atoms with E-state index in [-0.39, 0.29) is 51.4 Å². The SMILES string of the molecule is C#CCOC(=O)N(C)Cc1cc(NC(=O)C(CCCNC(N)=O)NC(=O)C(NC(=O)OC(C)(C)C)C(C)C)ccc1C[N+]1(C)CCN(CCOc2ccc(-c3c(-c4ccc(F)cc4)sc4ncnc(O[C@H](Cc5ccccc5OCc5ccnc(-c6ccccc6OC)n5)C(=O)O)c34)c(C)c2Cl)CC1. The number of carbonyl (C=O) groups excluding carboxylic acids is 5. The number of nitrogens with one attached hydrogen (secondary N) is 4. The molecule has 0 bridgehead atoms. The highest BCUT2D eigenvalue weighted by Crippen LogP contribution is 2.50. The number of anilines is 1. The lowest BCUT2D eigenvalue weighted by Crippen LogP contribution is -2.57. The number of aromatic nitrogens is 4. The fourth-order valence-electron chi connectivity index (χ4n) is 11.9. The van der Waals surface area contributed by atoms with E-state index in [2.05, 4.69) is 54.1 Å². The Morgan fingerprint density at radius 2 is 1.61 bits per heavy atom. The number of ether oxygens (including phenoxy) is 6. The number of fused-ring (bicyclic) bond motifs is 1. The summed E-state index contributed by atoms with van der Waals surface area (Å²) in [5.74, 6) is 1.00. The molecule has 25 nitrogen and oxygen atoms in total. The van der Waals surface area contributed by atoms with Crippen molar-refractivity contribution < 1.29 is 71.2 Å². The van der Waals surface area contributed by atoms with Crippen LogP contribution in [0.5, 0.6) is 23.1 Å². The number of urea groups is 1. The number of nitrogens with zero attached hydrogens (tertiary/aromatic N) is 7. The molecule has 0 saturated carbocycles. The van der Waals surface area contributed by atoms with Crippen molar-refractivity contribution in [3.8, 4) is 68.4 Å². The largest absolute Gasteiger partial charge is 0.496 e. The maximum atomic E-state index is 14.5. The van der Waals surface area contributed by atoms with Crippen LogP contribution in [0.3, 0.4) is 0 Å². The molecular formula is C76H87ClFN12O13S+. The predicted molar refractivity (Wildman–Crippen MR) is 394 cm³/mol. The van der Waals surface area contributed by atoms with Crippen LogP contribution in [-0.4, -0.2) is 173 Å². The molecule has 1 saturated heterocycles. The Kier molecular flexibility index (Phi) is 26.4. The van der Waals surface area contributed by atoms with Gasteiger partial charge in [0.15, 0.2) is 12.4 Å². The molecule has 0 aliphatic carbocycles. The molecule has 5 aromatic carbocycles. The number of aliphatic carboxylic acids is 1. The topological polar surface area (TPSA) is 310 Å². The van der Waals surface area contributed by atoms with Gasteiger partial charge in [0.25, 0.3) is 0 Å². The molecular weight excluding hydrogens is 1380 g/mol. The molecule has 8 aromatic rings. The van der Waals surface area contributed by atoms with E-state index in [1.807, 2.05) is 43.3 Å². The van der Waals surface area contributed by atoms with E-state index >= 15 is 0 Å². The van der Waals surface area contributed by atoms with Crippen LogP contribution in [0.4, 0.5) is 24.5 Å².